The van der Waals surface area contributed by atoms with Gasteiger partial charge in [0.2, 0.25) is 5.91 Å². The number of ketones is 1. The molecule has 2 heterocycles. The van der Waals surface area contributed by atoms with E-state index in [2.05, 4.69) is 68.2 Å². The van der Waals surface area contributed by atoms with E-state index in [1.54, 1.807) is 6.07 Å². The highest BCUT2D eigenvalue weighted by molar-refractivity contribution is 5.93. The van der Waals surface area contributed by atoms with Gasteiger partial charge in [-0.2, -0.15) is 0 Å². The van der Waals surface area contributed by atoms with Crippen molar-refractivity contribution < 1.29 is 9.59 Å². The number of piperidine rings is 1. The molecule has 0 unspecified atom stereocenters. The van der Waals surface area contributed by atoms with Gasteiger partial charge in [-0.3, -0.25) is 9.59 Å². The zero-order valence-electron chi connectivity index (χ0n) is 21.7. The number of carbonyl (C=O) groups is 2. The Kier molecular flexibility index (Phi) is 7.77. The number of amides is 1. The van der Waals surface area contributed by atoms with Gasteiger partial charge in [-0.25, -0.2) is 0 Å². The maximum absolute atomic E-state index is 13.3. The summed E-state index contributed by atoms with van der Waals surface area (Å²) >= 11 is 0. The van der Waals surface area contributed by atoms with Crippen LogP contribution in [0.5, 0.6) is 0 Å². The monoisotopic (exact) mass is 475 g/mol. The van der Waals surface area contributed by atoms with Crippen molar-refractivity contribution in [3.63, 3.8) is 0 Å². The van der Waals surface area contributed by atoms with Crippen LogP contribution in [0.1, 0.15) is 67.6 Å². The first-order valence-corrected chi connectivity index (χ1v) is 13.1. The second-order valence-corrected chi connectivity index (χ2v) is 11.4. The van der Waals surface area contributed by atoms with Crippen LogP contribution in [-0.4, -0.2) is 42.3 Å². The summed E-state index contributed by atoms with van der Waals surface area (Å²) < 4.78 is 0. The summed E-state index contributed by atoms with van der Waals surface area (Å²) in [6.07, 6.45) is 2.42. The molecule has 1 fully saturated rings. The molecule has 0 aliphatic carbocycles. The Hall–Kier alpha value is -2.50. The molecule has 2 aliphatic rings. The fraction of sp³-hybridized carbons (Fsp3) is 0.533. The maximum atomic E-state index is 13.3. The number of primary amides is 1. The van der Waals surface area contributed by atoms with E-state index in [1.807, 2.05) is 12.1 Å². The summed E-state index contributed by atoms with van der Waals surface area (Å²) in [5, 5.41) is 3.41. The van der Waals surface area contributed by atoms with E-state index in [9.17, 15) is 9.59 Å². The topological polar surface area (TPSA) is 75.4 Å². The molecular formula is C30H41N3O2. The van der Waals surface area contributed by atoms with Crippen LogP contribution < -0.4 is 11.1 Å². The number of fused-ring (bicyclic) bond motifs is 1. The molecule has 2 aromatic rings. The summed E-state index contributed by atoms with van der Waals surface area (Å²) in [7, 11) is 0. The zero-order valence-corrected chi connectivity index (χ0v) is 21.7. The second kappa shape index (κ2) is 10.6. The first-order chi connectivity index (χ1) is 16.7. The van der Waals surface area contributed by atoms with Crippen LogP contribution in [0.4, 0.5) is 0 Å². The van der Waals surface area contributed by atoms with E-state index in [0.717, 1.165) is 37.2 Å². The molecule has 3 N–H and O–H groups in total. The van der Waals surface area contributed by atoms with Crippen molar-refractivity contribution in [3.8, 4) is 0 Å². The number of hydrogen-bond acceptors (Lipinski definition) is 4. The van der Waals surface area contributed by atoms with Crippen molar-refractivity contribution in [1.29, 1.82) is 0 Å². The lowest BCUT2D eigenvalue weighted by Crippen LogP contribution is -2.49. The van der Waals surface area contributed by atoms with Crippen LogP contribution in [0.15, 0.2) is 48.5 Å². The molecule has 0 spiro atoms. The van der Waals surface area contributed by atoms with Crippen molar-refractivity contribution in [2.24, 2.45) is 23.5 Å². The smallest absolute Gasteiger partial charge is 0.248 e. The molecule has 2 aliphatic heterocycles. The van der Waals surface area contributed by atoms with Crippen molar-refractivity contribution in [2.45, 2.75) is 65.0 Å². The highest BCUT2D eigenvalue weighted by Crippen LogP contribution is 2.39. The standard InChI is InChI=1S/C30H41N3O2/c1-20(2)25(19-33-13-12-30(4,21(3)18-33)26-8-6-5-7-9-26)16-28(34)27-15-22-10-11-23(29(31)35)14-24(22)17-32-27/h5-11,14,20-21,25,27,32H,12-13,15-19H2,1-4H3,(H2,31,35)/t21-,25+,27+,30+/m0/s1. The fourth-order valence-electron chi connectivity index (χ4n) is 5.87. The van der Waals surface area contributed by atoms with Gasteiger partial charge in [0.1, 0.15) is 5.78 Å². The first-order valence-electron chi connectivity index (χ1n) is 13.1. The molecule has 188 valence electrons. The van der Waals surface area contributed by atoms with Gasteiger partial charge in [-0.1, -0.05) is 64.1 Å². The molecule has 5 heteroatoms. The summed E-state index contributed by atoms with van der Waals surface area (Å²) in [6, 6.07) is 16.3. The van der Waals surface area contributed by atoms with Crippen LogP contribution in [0.25, 0.3) is 0 Å². The highest BCUT2D eigenvalue weighted by atomic mass is 16.1. The predicted molar refractivity (Wildman–Crippen MR) is 141 cm³/mol. The average Bonchev–Trinajstić information content (AvgIpc) is 2.85. The van der Waals surface area contributed by atoms with E-state index in [4.69, 9.17) is 5.73 Å². The van der Waals surface area contributed by atoms with Crippen LogP contribution >= 0.6 is 0 Å². The van der Waals surface area contributed by atoms with Crippen LogP contribution in [-0.2, 0) is 23.2 Å². The molecule has 1 amide bonds. The lowest BCUT2D eigenvalue weighted by Gasteiger charge is -2.46. The van der Waals surface area contributed by atoms with Crippen LogP contribution in [0.2, 0.25) is 0 Å². The quantitative estimate of drug-likeness (QED) is 0.596. The normalized spacial score (nSPS) is 25.7. The summed E-state index contributed by atoms with van der Waals surface area (Å²) in [5.74, 6) is 1.24. The van der Waals surface area contributed by atoms with Crippen LogP contribution in [0.3, 0.4) is 0 Å². The van der Waals surface area contributed by atoms with Gasteiger partial charge in [-0.15, -0.1) is 0 Å². The van der Waals surface area contributed by atoms with Gasteiger partial charge in [-0.05, 0) is 71.4 Å². The van der Waals surface area contributed by atoms with Crippen molar-refractivity contribution in [3.05, 3.63) is 70.8 Å². The third kappa shape index (κ3) is 5.68. The third-order valence-electron chi connectivity index (χ3n) is 8.74. The Labute approximate surface area is 210 Å². The molecule has 2 aromatic carbocycles. The van der Waals surface area contributed by atoms with E-state index in [0.29, 0.717) is 48.5 Å². The number of carbonyl (C=O) groups excluding carboxylic acids is 2. The minimum Gasteiger partial charge on any atom is -0.366 e. The molecule has 0 saturated carbocycles. The van der Waals surface area contributed by atoms with E-state index < -0.39 is 5.91 Å². The summed E-state index contributed by atoms with van der Waals surface area (Å²) in [4.78, 5) is 27.4. The minimum atomic E-state index is -0.415. The Balaban J connectivity index is 1.36. The molecule has 1 saturated heterocycles. The van der Waals surface area contributed by atoms with Gasteiger partial charge < -0.3 is 16.0 Å². The number of rotatable bonds is 8. The number of likely N-dealkylation sites (tertiary alicyclic amines) is 1. The lowest BCUT2D eigenvalue weighted by atomic mass is 9.68. The van der Waals surface area contributed by atoms with Crippen LogP contribution in [0, 0.1) is 17.8 Å². The zero-order chi connectivity index (χ0) is 25.2. The molecule has 4 atom stereocenters. The molecule has 0 aromatic heterocycles. The number of nitrogens with zero attached hydrogens (tertiary/aromatic N) is 1. The largest absolute Gasteiger partial charge is 0.366 e. The molecule has 0 bridgehead atoms. The number of nitrogens with two attached hydrogens (primary N) is 1. The van der Waals surface area contributed by atoms with Gasteiger partial charge >= 0.3 is 0 Å². The Bertz CT molecular complexity index is 1050. The summed E-state index contributed by atoms with van der Waals surface area (Å²) in [5.41, 5.74) is 9.78. The average molecular weight is 476 g/mol. The molecule has 35 heavy (non-hydrogen) atoms. The van der Waals surface area contributed by atoms with E-state index in [-0.39, 0.29) is 11.5 Å². The molecular weight excluding hydrogens is 434 g/mol. The second-order valence-electron chi connectivity index (χ2n) is 11.4. The third-order valence-corrected chi connectivity index (χ3v) is 8.74. The number of benzene rings is 2. The SMILES string of the molecule is CC(C)[C@H](CC(=O)[C@H]1Cc2ccc(C(N)=O)cc2CN1)CN1CC[C@@](C)(c2ccccc2)[C@@H](C)C1. The number of hydrogen-bond donors (Lipinski definition) is 2. The Morgan fingerprint density at radius 1 is 1.14 bits per heavy atom. The van der Waals surface area contributed by atoms with Gasteiger partial charge in [0.15, 0.2) is 0 Å². The Morgan fingerprint density at radius 3 is 2.54 bits per heavy atom. The van der Waals surface area contributed by atoms with Crippen molar-refractivity contribution in [1.82, 2.24) is 10.2 Å². The lowest BCUT2D eigenvalue weighted by molar-refractivity contribution is -0.122. The summed E-state index contributed by atoms with van der Waals surface area (Å²) in [6.45, 7) is 13.0. The molecule has 0 radical (unpaired) electrons. The van der Waals surface area contributed by atoms with E-state index >= 15 is 0 Å². The number of nitrogens with one attached hydrogen (secondary N) is 1. The Morgan fingerprint density at radius 2 is 1.89 bits per heavy atom. The molecule has 4 rings (SSSR count). The van der Waals surface area contributed by atoms with Gasteiger partial charge in [0.25, 0.3) is 0 Å². The highest BCUT2D eigenvalue weighted by Gasteiger charge is 2.38. The first kappa shape index (κ1) is 25.6. The minimum absolute atomic E-state index is 0.162. The van der Waals surface area contributed by atoms with Gasteiger partial charge in [0, 0.05) is 31.6 Å². The molecule has 5 nitrogen and oxygen atoms in total. The van der Waals surface area contributed by atoms with E-state index in [1.165, 1.54) is 5.56 Å². The maximum Gasteiger partial charge on any atom is 0.248 e. The fourth-order valence-corrected chi connectivity index (χ4v) is 5.87. The van der Waals surface area contributed by atoms with Crippen molar-refractivity contribution >= 4 is 11.7 Å². The predicted octanol–water partition coefficient (Wildman–Crippen LogP) is 4.33. The van der Waals surface area contributed by atoms with Gasteiger partial charge in [0.05, 0.1) is 6.04 Å². The number of Topliss-reactive ketones (excluding diaryl/α,β-unsaturated/α-hetero) is 1. The van der Waals surface area contributed by atoms with Crippen molar-refractivity contribution in [2.75, 3.05) is 19.6 Å².